The normalized spacial score (nSPS) is 19.2. The summed E-state index contributed by atoms with van der Waals surface area (Å²) in [6, 6.07) is 3.48. The number of nitrogens with zero attached hydrogens (tertiary/aromatic N) is 2. The molecule has 2 heterocycles. The Hall–Kier alpha value is -2.74. The van der Waals surface area contributed by atoms with Crippen molar-refractivity contribution in [3.05, 3.63) is 63.2 Å². The number of aromatic amines is 1. The largest absolute Gasteiger partial charge is 0.473 e. The van der Waals surface area contributed by atoms with E-state index in [4.69, 9.17) is 20.9 Å². The summed E-state index contributed by atoms with van der Waals surface area (Å²) in [7, 11) is 0. The summed E-state index contributed by atoms with van der Waals surface area (Å²) < 4.78 is 38.4. The van der Waals surface area contributed by atoms with E-state index in [0.717, 1.165) is 12.1 Å². The number of aromatic nitrogens is 3. The van der Waals surface area contributed by atoms with E-state index in [1.807, 2.05) is 0 Å². The van der Waals surface area contributed by atoms with Crippen LogP contribution in [0.5, 0.6) is 5.88 Å². The lowest BCUT2D eigenvalue weighted by molar-refractivity contribution is 0.0904. The van der Waals surface area contributed by atoms with Crippen molar-refractivity contribution in [2.75, 3.05) is 0 Å². The van der Waals surface area contributed by atoms with Gasteiger partial charge in [0.25, 0.3) is 5.56 Å². The van der Waals surface area contributed by atoms with Gasteiger partial charge in [0.15, 0.2) is 5.76 Å². The van der Waals surface area contributed by atoms with Crippen LogP contribution < -0.4 is 10.3 Å². The molecule has 0 spiro atoms. The van der Waals surface area contributed by atoms with Gasteiger partial charge >= 0.3 is 0 Å². The van der Waals surface area contributed by atoms with Crippen molar-refractivity contribution in [1.82, 2.24) is 15.1 Å². The Labute approximate surface area is 150 Å². The Morgan fingerprint density at radius 1 is 1.15 bits per heavy atom. The maximum absolute atomic E-state index is 13.9. The topological polar surface area (TPSA) is 81.0 Å². The van der Waals surface area contributed by atoms with Crippen molar-refractivity contribution in [2.45, 2.75) is 24.9 Å². The molecule has 0 unspecified atom stereocenters. The molecule has 6 nitrogen and oxygen atoms in total. The van der Waals surface area contributed by atoms with Gasteiger partial charge in [0.05, 0.1) is 18.5 Å². The molecule has 26 heavy (non-hydrogen) atoms. The first kappa shape index (κ1) is 16.7. The minimum Gasteiger partial charge on any atom is -0.473 e. The highest BCUT2D eigenvalue weighted by Crippen LogP contribution is 2.41. The number of benzene rings is 1. The predicted octanol–water partition coefficient (Wildman–Crippen LogP) is 3.68. The number of halogens is 3. The Morgan fingerprint density at radius 2 is 1.88 bits per heavy atom. The van der Waals surface area contributed by atoms with E-state index < -0.39 is 11.6 Å². The molecule has 3 aromatic rings. The predicted molar refractivity (Wildman–Crippen MR) is 88.1 cm³/mol. The maximum atomic E-state index is 13.9. The zero-order valence-corrected chi connectivity index (χ0v) is 14.0. The van der Waals surface area contributed by atoms with Crippen LogP contribution in [0, 0.1) is 11.6 Å². The van der Waals surface area contributed by atoms with Crippen LogP contribution in [0.3, 0.4) is 0 Å². The summed E-state index contributed by atoms with van der Waals surface area (Å²) in [4.78, 5) is 19.3. The lowest BCUT2D eigenvalue weighted by atomic mass is 9.77. The van der Waals surface area contributed by atoms with Crippen LogP contribution in [0.25, 0.3) is 11.5 Å². The van der Waals surface area contributed by atoms with Gasteiger partial charge in [0.2, 0.25) is 5.88 Å². The Kier molecular flexibility index (Phi) is 4.20. The van der Waals surface area contributed by atoms with Crippen LogP contribution in [0.2, 0.25) is 5.02 Å². The van der Waals surface area contributed by atoms with Gasteiger partial charge in [-0.3, -0.25) is 4.79 Å². The number of H-pyrrole nitrogens is 1. The molecule has 2 aromatic heterocycles. The second-order valence-corrected chi connectivity index (χ2v) is 6.44. The molecule has 0 saturated heterocycles. The SMILES string of the molecule is O=c1cc(-c2cnc(OC3CC(c4c(F)cc(Cl)cc4F)C3)cn2)o[nH]1. The molecule has 9 heteroatoms. The maximum Gasteiger partial charge on any atom is 0.280 e. The summed E-state index contributed by atoms with van der Waals surface area (Å²) in [6.07, 6.45) is 3.53. The molecule has 0 aliphatic heterocycles. The Bertz CT molecular complexity index is 974. The fourth-order valence-electron chi connectivity index (χ4n) is 2.93. The summed E-state index contributed by atoms with van der Waals surface area (Å²) >= 11 is 5.64. The van der Waals surface area contributed by atoms with Crippen LogP contribution in [0.15, 0.2) is 39.9 Å². The first-order chi connectivity index (χ1) is 12.5. The fourth-order valence-corrected chi connectivity index (χ4v) is 3.12. The Balaban J connectivity index is 1.39. The van der Waals surface area contributed by atoms with Crippen LogP contribution in [-0.4, -0.2) is 21.2 Å². The third kappa shape index (κ3) is 3.20. The summed E-state index contributed by atoms with van der Waals surface area (Å²) in [5, 5.41) is 2.20. The molecular weight excluding hydrogens is 368 g/mol. The molecule has 1 aliphatic rings. The highest BCUT2D eigenvalue weighted by atomic mass is 35.5. The van der Waals surface area contributed by atoms with Gasteiger partial charge < -0.3 is 9.26 Å². The Morgan fingerprint density at radius 3 is 2.46 bits per heavy atom. The molecule has 1 N–H and O–H groups in total. The van der Waals surface area contributed by atoms with Crippen LogP contribution >= 0.6 is 11.6 Å². The second kappa shape index (κ2) is 6.53. The lowest BCUT2D eigenvalue weighted by Crippen LogP contribution is -2.33. The number of nitrogens with one attached hydrogen (secondary N) is 1. The smallest absolute Gasteiger partial charge is 0.280 e. The van der Waals surface area contributed by atoms with Gasteiger partial charge in [-0.05, 0) is 30.9 Å². The third-order valence-electron chi connectivity index (χ3n) is 4.24. The van der Waals surface area contributed by atoms with Crippen LogP contribution in [-0.2, 0) is 0 Å². The summed E-state index contributed by atoms with van der Waals surface area (Å²) in [6.45, 7) is 0. The van der Waals surface area contributed by atoms with Gasteiger partial charge in [-0.15, -0.1) is 0 Å². The van der Waals surface area contributed by atoms with E-state index in [9.17, 15) is 13.6 Å². The van der Waals surface area contributed by atoms with Crippen molar-refractivity contribution >= 4 is 11.6 Å². The monoisotopic (exact) mass is 379 g/mol. The van der Waals surface area contributed by atoms with Gasteiger partial charge in [0.1, 0.15) is 23.4 Å². The minimum absolute atomic E-state index is 0.0319. The molecule has 1 saturated carbocycles. The van der Waals surface area contributed by atoms with Crippen molar-refractivity contribution < 1.29 is 18.0 Å². The first-order valence-corrected chi connectivity index (χ1v) is 8.19. The van der Waals surface area contributed by atoms with Crippen molar-refractivity contribution in [2.24, 2.45) is 0 Å². The third-order valence-corrected chi connectivity index (χ3v) is 4.46. The molecule has 134 valence electrons. The van der Waals surface area contributed by atoms with Gasteiger partial charge in [-0.1, -0.05) is 11.6 Å². The van der Waals surface area contributed by atoms with E-state index in [0.29, 0.717) is 18.5 Å². The van der Waals surface area contributed by atoms with Crippen LogP contribution in [0.1, 0.15) is 24.3 Å². The molecule has 0 atom stereocenters. The van der Waals surface area contributed by atoms with Gasteiger partial charge in [-0.25, -0.2) is 18.7 Å². The van der Waals surface area contributed by atoms with E-state index in [2.05, 4.69) is 15.1 Å². The molecule has 1 aromatic carbocycles. The zero-order chi connectivity index (χ0) is 18.3. The molecular formula is C17H12ClF2N3O3. The number of hydrogen-bond acceptors (Lipinski definition) is 5. The van der Waals surface area contributed by atoms with E-state index >= 15 is 0 Å². The molecule has 0 bridgehead atoms. The molecule has 0 amide bonds. The highest BCUT2D eigenvalue weighted by Gasteiger charge is 2.36. The average molecular weight is 380 g/mol. The number of hydrogen-bond donors (Lipinski definition) is 1. The van der Waals surface area contributed by atoms with E-state index in [1.54, 1.807) is 0 Å². The van der Waals surface area contributed by atoms with E-state index in [-0.39, 0.29) is 39.8 Å². The fraction of sp³-hybridized carbons (Fsp3) is 0.235. The van der Waals surface area contributed by atoms with E-state index in [1.165, 1.54) is 18.5 Å². The lowest BCUT2D eigenvalue weighted by Gasteiger charge is -2.35. The van der Waals surface area contributed by atoms with Crippen molar-refractivity contribution in [3.8, 4) is 17.3 Å². The molecule has 0 radical (unpaired) electrons. The quantitative estimate of drug-likeness (QED) is 0.747. The van der Waals surface area contributed by atoms with Crippen molar-refractivity contribution in [3.63, 3.8) is 0 Å². The average Bonchev–Trinajstić information content (AvgIpc) is 2.98. The second-order valence-electron chi connectivity index (χ2n) is 6.01. The molecule has 4 rings (SSSR count). The van der Waals surface area contributed by atoms with Gasteiger partial charge in [0, 0.05) is 10.6 Å². The number of rotatable bonds is 4. The molecule has 1 fully saturated rings. The van der Waals surface area contributed by atoms with Crippen LogP contribution in [0.4, 0.5) is 8.78 Å². The zero-order valence-electron chi connectivity index (χ0n) is 13.2. The molecule has 1 aliphatic carbocycles. The van der Waals surface area contributed by atoms with Crippen molar-refractivity contribution in [1.29, 1.82) is 0 Å². The van der Waals surface area contributed by atoms with Gasteiger partial charge in [-0.2, -0.15) is 5.16 Å². The number of ether oxygens (including phenoxy) is 1. The standard InChI is InChI=1S/C17H12ClF2N3O3/c18-9-3-11(19)17(12(20)4-9)8-1-10(2-8)25-16-7-21-13(6-22-16)14-5-15(24)23-26-14/h3-8,10H,1-2H2,(H,23,24). The summed E-state index contributed by atoms with van der Waals surface area (Å²) in [5.41, 5.74) is 0.0509. The first-order valence-electron chi connectivity index (χ1n) is 7.81. The summed E-state index contributed by atoms with van der Waals surface area (Å²) in [5.74, 6) is -0.997. The highest BCUT2D eigenvalue weighted by molar-refractivity contribution is 6.30. The minimum atomic E-state index is -0.643.